The van der Waals surface area contributed by atoms with E-state index in [9.17, 15) is 8.42 Å². The maximum atomic E-state index is 12.2. The maximum absolute atomic E-state index is 12.2. The minimum atomic E-state index is -3.39. The second-order valence-electron chi connectivity index (χ2n) is 7.28. The van der Waals surface area contributed by atoms with Gasteiger partial charge in [-0.05, 0) is 50.8 Å². The molecule has 0 bridgehead atoms. The van der Waals surface area contributed by atoms with Crippen LogP contribution < -0.4 is 15.4 Å². The van der Waals surface area contributed by atoms with Crippen molar-refractivity contribution in [1.29, 1.82) is 0 Å². The molecule has 0 saturated heterocycles. The lowest BCUT2D eigenvalue weighted by Crippen LogP contribution is -2.42. The number of aliphatic imine (C=N–C) groups is 1. The Morgan fingerprint density at radius 2 is 1.86 bits per heavy atom. The fraction of sp³-hybridized carbons (Fsp3) is 0.650. The van der Waals surface area contributed by atoms with Crippen LogP contribution in [0.25, 0.3) is 0 Å². The topological polar surface area (TPSA) is 82.6 Å². The van der Waals surface area contributed by atoms with E-state index in [1.165, 1.54) is 19.3 Å². The number of rotatable bonds is 11. The van der Waals surface area contributed by atoms with Crippen LogP contribution in [0.1, 0.15) is 64.9 Å². The second kappa shape index (κ2) is 12.6. The number of nitrogens with zero attached hydrogens (tertiary/aromatic N) is 1. The Balaban J connectivity index is 0.00000392. The van der Waals surface area contributed by atoms with Gasteiger partial charge in [0, 0.05) is 18.6 Å². The molecule has 6 nitrogen and oxygen atoms in total. The molecule has 8 heteroatoms. The molecule has 1 fully saturated rings. The summed E-state index contributed by atoms with van der Waals surface area (Å²) < 4.78 is 27.1. The Hall–Kier alpha value is -0.870. The first-order valence-corrected chi connectivity index (χ1v) is 11.6. The van der Waals surface area contributed by atoms with Crippen molar-refractivity contribution >= 4 is 40.0 Å². The number of unbranched alkanes of at least 4 members (excludes halogenated alkanes) is 2. The molecule has 28 heavy (non-hydrogen) atoms. The minimum absolute atomic E-state index is 0. The molecule has 160 valence electrons. The summed E-state index contributed by atoms with van der Waals surface area (Å²) in [6, 6.07) is 7.47. The predicted octanol–water partition coefficient (Wildman–Crippen LogP) is 3.77. The van der Waals surface area contributed by atoms with Gasteiger partial charge in [0.2, 0.25) is 10.0 Å². The van der Waals surface area contributed by atoms with Crippen molar-refractivity contribution in [3.63, 3.8) is 0 Å². The smallest absolute Gasteiger partial charge is 0.240 e. The summed E-state index contributed by atoms with van der Waals surface area (Å²) in [5.41, 5.74) is 0.983. The van der Waals surface area contributed by atoms with Gasteiger partial charge < -0.3 is 10.6 Å². The highest BCUT2D eigenvalue weighted by molar-refractivity contribution is 14.0. The lowest BCUT2D eigenvalue weighted by Gasteiger charge is -2.17. The molecule has 1 atom stereocenters. The Bertz CT molecular complexity index is 703. The van der Waals surface area contributed by atoms with Gasteiger partial charge in [-0.3, -0.25) is 0 Å². The van der Waals surface area contributed by atoms with Crippen LogP contribution in [0.2, 0.25) is 0 Å². The molecule has 3 N–H and O–H groups in total. The summed E-state index contributed by atoms with van der Waals surface area (Å²) >= 11 is 0. The number of hydrogen-bond donors (Lipinski definition) is 3. The van der Waals surface area contributed by atoms with E-state index in [2.05, 4.69) is 34.2 Å². The molecule has 0 heterocycles. The van der Waals surface area contributed by atoms with E-state index in [0.29, 0.717) is 17.5 Å². The van der Waals surface area contributed by atoms with E-state index in [0.717, 1.165) is 37.3 Å². The van der Waals surface area contributed by atoms with Crippen LogP contribution >= 0.6 is 24.0 Å². The van der Waals surface area contributed by atoms with Gasteiger partial charge in [0.15, 0.2) is 5.96 Å². The zero-order valence-electron chi connectivity index (χ0n) is 17.2. The molecule has 1 aromatic rings. The predicted molar refractivity (Wildman–Crippen MR) is 127 cm³/mol. The fourth-order valence-corrected chi connectivity index (χ4v) is 4.06. The molecule has 0 spiro atoms. The van der Waals surface area contributed by atoms with E-state index in [1.54, 1.807) is 12.1 Å². The molecule has 1 saturated carbocycles. The fourth-order valence-electron chi connectivity index (χ4n) is 2.76. The van der Waals surface area contributed by atoms with Crippen molar-refractivity contribution in [2.24, 2.45) is 4.99 Å². The van der Waals surface area contributed by atoms with Crippen LogP contribution in [0.4, 0.5) is 0 Å². The number of sulfonamides is 1. The maximum Gasteiger partial charge on any atom is 0.240 e. The van der Waals surface area contributed by atoms with E-state index < -0.39 is 10.0 Å². The highest BCUT2D eigenvalue weighted by Gasteiger charge is 2.27. The van der Waals surface area contributed by atoms with Crippen LogP contribution in [0.3, 0.4) is 0 Å². The first-order chi connectivity index (χ1) is 12.9. The van der Waals surface area contributed by atoms with Crippen LogP contribution in [0.15, 0.2) is 34.2 Å². The molecule has 1 aliphatic carbocycles. The molecule has 1 unspecified atom stereocenters. The van der Waals surface area contributed by atoms with Crippen molar-refractivity contribution in [2.45, 2.75) is 82.8 Å². The quantitative estimate of drug-likeness (QED) is 0.179. The van der Waals surface area contributed by atoms with E-state index in [1.807, 2.05) is 19.1 Å². The Kier molecular flexibility index (Phi) is 11.4. The van der Waals surface area contributed by atoms with Crippen molar-refractivity contribution < 1.29 is 8.42 Å². The standard InChI is InChI=1S/C20H34N4O2S.HI/c1-4-6-7-8-16(3)23-20(21-5-2)22-15-17-9-13-19(14-10-17)27(25,26)24-18-11-12-18;/h9-10,13-14,16,18,24H,4-8,11-12,15H2,1-3H3,(H2,21,22,23);1H. The molecule has 0 amide bonds. The highest BCUT2D eigenvalue weighted by Crippen LogP contribution is 2.22. The zero-order chi connectivity index (χ0) is 19.7. The summed E-state index contributed by atoms with van der Waals surface area (Å²) in [6.45, 7) is 7.74. The molecule has 0 radical (unpaired) electrons. The Morgan fingerprint density at radius 1 is 1.18 bits per heavy atom. The van der Waals surface area contributed by atoms with Gasteiger partial charge in [-0.25, -0.2) is 18.1 Å². The third-order valence-electron chi connectivity index (χ3n) is 4.52. The van der Waals surface area contributed by atoms with Gasteiger partial charge in [-0.2, -0.15) is 0 Å². The van der Waals surface area contributed by atoms with Gasteiger partial charge in [-0.1, -0.05) is 38.3 Å². The molecule has 0 aromatic heterocycles. The van der Waals surface area contributed by atoms with Gasteiger partial charge in [0.25, 0.3) is 0 Å². The largest absolute Gasteiger partial charge is 0.357 e. The first-order valence-electron chi connectivity index (χ1n) is 10.1. The van der Waals surface area contributed by atoms with Crippen molar-refractivity contribution in [2.75, 3.05) is 6.54 Å². The summed E-state index contributed by atoms with van der Waals surface area (Å²) in [5.74, 6) is 0.800. The summed E-state index contributed by atoms with van der Waals surface area (Å²) in [4.78, 5) is 4.95. The van der Waals surface area contributed by atoms with Crippen molar-refractivity contribution in [3.05, 3.63) is 29.8 Å². The normalized spacial score (nSPS) is 15.6. The minimum Gasteiger partial charge on any atom is -0.357 e. The summed E-state index contributed by atoms with van der Waals surface area (Å²) in [5, 5.41) is 6.72. The molecular weight excluding hydrogens is 487 g/mol. The van der Waals surface area contributed by atoms with Gasteiger partial charge in [0.1, 0.15) is 0 Å². The van der Waals surface area contributed by atoms with Gasteiger partial charge >= 0.3 is 0 Å². The van der Waals surface area contributed by atoms with Crippen LogP contribution in [0.5, 0.6) is 0 Å². The lowest BCUT2D eigenvalue weighted by atomic mass is 10.1. The van der Waals surface area contributed by atoms with Crippen molar-refractivity contribution in [1.82, 2.24) is 15.4 Å². The molecule has 1 aromatic carbocycles. The molecule has 0 aliphatic heterocycles. The lowest BCUT2D eigenvalue weighted by molar-refractivity contribution is 0.547. The SMILES string of the molecule is CCCCCC(C)NC(=NCc1ccc(S(=O)(=O)NC2CC2)cc1)NCC.I. The van der Waals surface area contributed by atoms with Gasteiger partial charge in [0.05, 0.1) is 11.4 Å². The molecule has 2 rings (SSSR count). The van der Waals surface area contributed by atoms with Crippen LogP contribution in [-0.2, 0) is 16.6 Å². The van der Waals surface area contributed by atoms with E-state index >= 15 is 0 Å². The highest BCUT2D eigenvalue weighted by atomic mass is 127. The first kappa shape index (κ1) is 25.2. The summed E-state index contributed by atoms with van der Waals surface area (Å²) in [7, 11) is -3.39. The third kappa shape index (κ3) is 9.09. The monoisotopic (exact) mass is 522 g/mol. The number of hydrogen-bond acceptors (Lipinski definition) is 3. The third-order valence-corrected chi connectivity index (χ3v) is 6.06. The molecule has 1 aliphatic rings. The van der Waals surface area contributed by atoms with Crippen LogP contribution in [0, 0.1) is 0 Å². The number of benzene rings is 1. The Labute approximate surface area is 187 Å². The zero-order valence-corrected chi connectivity index (χ0v) is 20.3. The summed E-state index contributed by atoms with van der Waals surface area (Å²) in [6.07, 6.45) is 6.69. The number of nitrogens with one attached hydrogen (secondary N) is 3. The Morgan fingerprint density at radius 3 is 2.43 bits per heavy atom. The van der Waals surface area contributed by atoms with E-state index in [4.69, 9.17) is 0 Å². The van der Waals surface area contributed by atoms with Crippen molar-refractivity contribution in [3.8, 4) is 0 Å². The average Bonchev–Trinajstić information content (AvgIpc) is 3.44. The average molecular weight is 522 g/mol. The van der Waals surface area contributed by atoms with Crippen LogP contribution in [-0.4, -0.2) is 33.0 Å². The number of guanidine groups is 1. The second-order valence-corrected chi connectivity index (χ2v) is 8.99. The van der Waals surface area contributed by atoms with E-state index in [-0.39, 0.29) is 30.0 Å². The molecular formula is C20H35IN4O2S. The number of halogens is 1. The van der Waals surface area contributed by atoms with Gasteiger partial charge in [-0.15, -0.1) is 24.0 Å².